The van der Waals surface area contributed by atoms with Crippen LogP contribution < -0.4 is 0 Å². The molecule has 1 N–H and O–H groups in total. The minimum Gasteiger partial charge on any atom is -0.389 e. The molecule has 0 spiro atoms. The van der Waals surface area contributed by atoms with Crippen molar-refractivity contribution in [3.8, 4) is 6.07 Å². The SMILES string of the molecule is CCN(CC(C)(C)O)C(=O)C(C)(C)c1cccc(C#N)c1. The Kier molecular flexibility index (Phi) is 5.14. The zero-order valence-corrected chi connectivity index (χ0v) is 13.5. The van der Waals surface area contributed by atoms with Crippen LogP contribution in [0.5, 0.6) is 0 Å². The number of nitriles is 1. The summed E-state index contributed by atoms with van der Waals surface area (Å²) < 4.78 is 0. The maximum atomic E-state index is 12.8. The lowest BCUT2D eigenvalue weighted by Gasteiger charge is -2.35. The van der Waals surface area contributed by atoms with Crippen molar-refractivity contribution in [3.05, 3.63) is 35.4 Å². The first-order chi connectivity index (χ1) is 9.61. The average Bonchev–Trinajstić information content (AvgIpc) is 2.43. The van der Waals surface area contributed by atoms with Crippen molar-refractivity contribution < 1.29 is 9.90 Å². The van der Waals surface area contributed by atoms with Gasteiger partial charge in [0.25, 0.3) is 0 Å². The molecule has 0 saturated heterocycles. The number of aliphatic hydroxyl groups is 1. The van der Waals surface area contributed by atoms with Crippen LogP contribution in [0.2, 0.25) is 0 Å². The van der Waals surface area contributed by atoms with Gasteiger partial charge < -0.3 is 10.0 Å². The van der Waals surface area contributed by atoms with Crippen molar-refractivity contribution in [2.24, 2.45) is 0 Å². The zero-order valence-electron chi connectivity index (χ0n) is 13.5. The summed E-state index contributed by atoms with van der Waals surface area (Å²) in [5.74, 6) is -0.0535. The van der Waals surface area contributed by atoms with E-state index in [4.69, 9.17) is 5.26 Å². The van der Waals surface area contributed by atoms with Gasteiger partial charge >= 0.3 is 0 Å². The summed E-state index contributed by atoms with van der Waals surface area (Å²) in [5.41, 5.74) is -0.329. The molecule has 0 aliphatic carbocycles. The highest BCUT2D eigenvalue weighted by molar-refractivity contribution is 5.87. The minimum absolute atomic E-state index is 0.0535. The molecule has 0 unspecified atom stereocenters. The molecule has 0 aliphatic rings. The highest BCUT2D eigenvalue weighted by atomic mass is 16.3. The Morgan fingerprint density at radius 3 is 2.43 bits per heavy atom. The number of rotatable bonds is 5. The second-order valence-corrected chi connectivity index (χ2v) is 6.45. The molecule has 1 aromatic carbocycles. The predicted octanol–water partition coefficient (Wildman–Crippen LogP) is 2.46. The van der Waals surface area contributed by atoms with E-state index in [9.17, 15) is 9.90 Å². The fourth-order valence-electron chi connectivity index (χ4n) is 2.29. The Balaban J connectivity index is 3.09. The largest absolute Gasteiger partial charge is 0.389 e. The van der Waals surface area contributed by atoms with Gasteiger partial charge in [0, 0.05) is 13.1 Å². The summed E-state index contributed by atoms with van der Waals surface area (Å²) >= 11 is 0. The lowest BCUT2D eigenvalue weighted by Crippen LogP contribution is -2.48. The van der Waals surface area contributed by atoms with Gasteiger partial charge in [0.1, 0.15) is 0 Å². The van der Waals surface area contributed by atoms with Crippen molar-refractivity contribution in [3.63, 3.8) is 0 Å². The highest BCUT2D eigenvalue weighted by Crippen LogP contribution is 2.27. The summed E-state index contributed by atoms with van der Waals surface area (Å²) in [7, 11) is 0. The third-order valence-corrected chi connectivity index (χ3v) is 3.49. The van der Waals surface area contributed by atoms with E-state index in [1.165, 1.54) is 0 Å². The van der Waals surface area contributed by atoms with Gasteiger partial charge in [-0.15, -0.1) is 0 Å². The summed E-state index contributed by atoms with van der Waals surface area (Å²) in [4.78, 5) is 14.5. The standard InChI is InChI=1S/C17H24N2O2/c1-6-19(12-16(2,3)21)15(20)17(4,5)14-9-7-8-13(10-14)11-18/h7-10,21H,6,12H2,1-5H3. The Morgan fingerprint density at radius 1 is 1.33 bits per heavy atom. The first-order valence-corrected chi connectivity index (χ1v) is 7.14. The van der Waals surface area contributed by atoms with Crippen molar-refractivity contribution in [1.29, 1.82) is 5.26 Å². The lowest BCUT2D eigenvalue weighted by atomic mass is 9.82. The third-order valence-electron chi connectivity index (χ3n) is 3.49. The topological polar surface area (TPSA) is 64.3 Å². The third kappa shape index (κ3) is 4.30. The van der Waals surface area contributed by atoms with Crippen molar-refractivity contribution in [2.45, 2.75) is 45.6 Å². The summed E-state index contributed by atoms with van der Waals surface area (Å²) in [6.45, 7) is 9.77. The fourth-order valence-corrected chi connectivity index (χ4v) is 2.29. The number of likely N-dealkylation sites (N-methyl/N-ethyl adjacent to an activating group) is 1. The molecule has 0 heterocycles. The Labute approximate surface area is 127 Å². The van der Waals surface area contributed by atoms with Crippen LogP contribution >= 0.6 is 0 Å². The van der Waals surface area contributed by atoms with Crippen LogP contribution in [-0.2, 0) is 10.2 Å². The monoisotopic (exact) mass is 288 g/mol. The molecule has 0 saturated carbocycles. The lowest BCUT2D eigenvalue weighted by molar-refractivity contribution is -0.139. The maximum Gasteiger partial charge on any atom is 0.232 e. The number of carbonyl (C=O) groups excluding carboxylic acids is 1. The van der Waals surface area contributed by atoms with E-state index in [2.05, 4.69) is 6.07 Å². The molecule has 0 atom stereocenters. The average molecular weight is 288 g/mol. The van der Waals surface area contributed by atoms with Crippen molar-refractivity contribution in [1.82, 2.24) is 4.90 Å². The van der Waals surface area contributed by atoms with Crippen LogP contribution in [0.4, 0.5) is 0 Å². The highest BCUT2D eigenvalue weighted by Gasteiger charge is 2.35. The second-order valence-electron chi connectivity index (χ2n) is 6.45. The van der Waals surface area contributed by atoms with E-state index in [1.54, 1.807) is 36.9 Å². The smallest absolute Gasteiger partial charge is 0.232 e. The van der Waals surface area contributed by atoms with E-state index in [-0.39, 0.29) is 12.5 Å². The van der Waals surface area contributed by atoms with Crippen LogP contribution in [0.1, 0.15) is 45.7 Å². The molecule has 1 aromatic rings. The molecule has 4 heteroatoms. The summed E-state index contributed by atoms with van der Waals surface area (Å²) in [6, 6.07) is 9.21. The molecule has 21 heavy (non-hydrogen) atoms. The molecular formula is C17H24N2O2. The number of nitrogens with zero attached hydrogens (tertiary/aromatic N) is 2. The van der Waals surface area contributed by atoms with Crippen LogP contribution in [0.15, 0.2) is 24.3 Å². The molecule has 0 aromatic heterocycles. The normalized spacial score (nSPS) is 11.9. The quantitative estimate of drug-likeness (QED) is 0.905. The van der Waals surface area contributed by atoms with Crippen LogP contribution in [0.25, 0.3) is 0 Å². The molecule has 1 amide bonds. The van der Waals surface area contributed by atoms with Gasteiger partial charge in [-0.3, -0.25) is 4.79 Å². The van der Waals surface area contributed by atoms with E-state index in [0.717, 1.165) is 5.56 Å². The van der Waals surface area contributed by atoms with E-state index in [0.29, 0.717) is 12.1 Å². The van der Waals surface area contributed by atoms with Gasteiger partial charge in [-0.2, -0.15) is 5.26 Å². The van der Waals surface area contributed by atoms with Crippen molar-refractivity contribution >= 4 is 5.91 Å². The number of carbonyl (C=O) groups is 1. The van der Waals surface area contributed by atoms with Crippen LogP contribution in [-0.4, -0.2) is 34.6 Å². The second kappa shape index (κ2) is 6.28. The molecule has 4 nitrogen and oxygen atoms in total. The summed E-state index contributed by atoms with van der Waals surface area (Å²) in [6.07, 6.45) is 0. The van der Waals surface area contributed by atoms with Crippen LogP contribution in [0, 0.1) is 11.3 Å². The predicted molar refractivity (Wildman–Crippen MR) is 82.7 cm³/mol. The minimum atomic E-state index is -0.934. The number of hydrogen-bond donors (Lipinski definition) is 1. The number of hydrogen-bond acceptors (Lipinski definition) is 3. The van der Waals surface area contributed by atoms with Gasteiger partial charge in [-0.1, -0.05) is 12.1 Å². The van der Waals surface area contributed by atoms with Gasteiger partial charge in [-0.25, -0.2) is 0 Å². The summed E-state index contributed by atoms with van der Waals surface area (Å²) in [5, 5.41) is 18.9. The number of benzene rings is 1. The van der Waals surface area contributed by atoms with E-state index in [1.807, 2.05) is 26.8 Å². The molecule has 1 rings (SSSR count). The van der Waals surface area contributed by atoms with Gasteiger partial charge in [0.05, 0.1) is 22.6 Å². The molecule has 114 valence electrons. The van der Waals surface area contributed by atoms with Gasteiger partial charge in [0.2, 0.25) is 5.91 Å². The number of amides is 1. The Hall–Kier alpha value is -1.86. The van der Waals surface area contributed by atoms with Crippen molar-refractivity contribution in [2.75, 3.05) is 13.1 Å². The van der Waals surface area contributed by atoms with Crippen LogP contribution in [0.3, 0.4) is 0 Å². The first kappa shape index (κ1) is 17.2. The Bertz CT molecular complexity index is 551. The first-order valence-electron chi connectivity index (χ1n) is 7.14. The van der Waals surface area contributed by atoms with E-state index < -0.39 is 11.0 Å². The maximum absolute atomic E-state index is 12.8. The molecule has 0 fully saturated rings. The zero-order chi connectivity index (χ0) is 16.3. The molecular weight excluding hydrogens is 264 g/mol. The Morgan fingerprint density at radius 2 is 1.95 bits per heavy atom. The van der Waals surface area contributed by atoms with E-state index >= 15 is 0 Å². The molecule has 0 bridgehead atoms. The molecule has 0 aliphatic heterocycles. The van der Waals surface area contributed by atoms with Gasteiger partial charge in [0.15, 0.2) is 0 Å². The van der Waals surface area contributed by atoms with Gasteiger partial charge in [-0.05, 0) is 52.3 Å². The fraction of sp³-hybridized carbons (Fsp3) is 0.529. The molecule has 0 radical (unpaired) electrons.